The topological polar surface area (TPSA) is 66.0 Å². The van der Waals surface area contributed by atoms with Crippen molar-refractivity contribution in [3.05, 3.63) is 59.1 Å². The summed E-state index contributed by atoms with van der Waals surface area (Å²) in [6.07, 6.45) is 0. The zero-order valence-electron chi connectivity index (χ0n) is 12.4. The Morgan fingerprint density at radius 2 is 1.87 bits per heavy atom. The summed E-state index contributed by atoms with van der Waals surface area (Å²) in [4.78, 5) is 0. The van der Waals surface area contributed by atoms with Crippen LogP contribution in [0.1, 0.15) is 5.56 Å². The fourth-order valence-electron chi connectivity index (χ4n) is 2.07. The van der Waals surface area contributed by atoms with Gasteiger partial charge in [-0.2, -0.15) is 0 Å². The zero-order valence-corrected chi connectivity index (χ0v) is 14.0. The van der Waals surface area contributed by atoms with E-state index >= 15 is 0 Å². The van der Waals surface area contributed by atoms with Gasteiger partial charge in [-0.15, -0.1) is 10.2 Å². The molecule has 0 saturated carbocycles. The maximum atomic E-state index is 6.19. The van der Waals surface area contributed by atoms with Crippen LogP contribution < -0.4 is 10.6 Å². The number of thioether (sulfide) groups is 1. The fraction of sp³-hybridized carbons (Fsp3) is 0.125. The Balaban J connectivity index is 1.75. The lowest BCUT2D eigenvalue weighted by molar-refractivity contribution is 0.414. The highest BCUT2D eigenvalue weighted by atomic mass is 35.5. The molecule has 118 valence electrons. The van der Waals surface area contributed by atoms with Gasteiger partial charge >= 0.3 is 0 Å². The molecule has 7 heteroatoms. The second kappa shape index (κ2) is 6.93. The number of nitrogens with zero attached hydrogens (tertiary/aromatic N) is 3. The van der Waals surface area contributed by atoms with Gasteiger partial charge in [0.15, 0.2) is 5.82 Å². The number of benzene rings is 2. The smallest absolute Gasteiger partial charge is 0.210 e. The standard InChI is InChI=1S/C16H15ClN4OS/c1-22-12-8-6-11(7-9-12)10-23-16-20-19-15(21(16)18)13-4-2-3-5-14(13)17/h2-9H,10,18H2,1H3. The molecule has 5 nitrogen and oxygen atoms in total. The Hall–Kier alpha value is -2.18. The minimum atomic E-state index is 0.549. The van der Waals surface area contributed by atoms with E-state index in [9.17, 15) is 0 Å². The molecule has 0 unspecified atom stereocenters. The van der Waals surface area contributed by atoms with Crippen LogP contribution in [0.5, 0.6) is 5.75 Å². The van der Waals surface area contributed by atoms with Crippen LogP contribution in [0.2, 0.25) is 5.02 Å². The van der Waals surface area contributed by atoms with E-state index in [0.717, 1.165) is 22.6 Å². The lowest BCUT2D eigenvalue weighted by Crippen LogP contribution is -2.11. The number of aromatic nitrogens is 3. The van der Waals surface area contributed by atoms with Gasteiger partial charge in [0.2, 0.25) is 5.16 Å². The molecule has 1 heterocycles. The predicted octanol–water partition coefficient (Wildman–Crippen LogP) is 3.61. The van der Waals surface area contributed by atoms with Gasteiger partial charge in [0.1, 0.15) is 5.75 Å². The highest BCUT2D eigenvalue weighted by Gasteiger charge is 2.14. The van der Waals surface area contributed by atoms with E-state index in [0.29, 0.717) is 16.0 Å². The molecule has 0 aliphatic heterocycles. The van der Waals surface area contributed by atoms with Crippen LogP contribution in [0.25, 0.3) is 11.4 Å². The van der Waals surface area contributed by atoms with Crippen LogP contribution in [0.3, 0.4) is 0 Å². The van der Waals surface area contributed by atoms with Gasteiger partial charge in [0.05, 0.1) is 12.1 Å². The van der Waals surface area contributed by atoms with Gasteiger partial charge in [-0.25, -0.2) is 4.68 Å². The van der Waals surface area contributed by atoms with Gasteiger partial charge < -0.3 is 10.6 Å². The third kappa shape index (κ3) is 3.43. The highest BCUT2D eigenvalue weighted by Crippen LogP contribution is 2.28. The molecule has 3 rings (SSSR count). The van der Waals surface area contributed by atoms with E-state index in [-0.39, 0.29) is 0 Å². The van der Waals surface area contributed by atoms with Crippen LogP contribution in [0.15, 0.2) is 53.7 Å². The molecule has 0 aliphatic rings. The molecule has 2 N–H and O–H groups in total. The zero-order chi connectivity index (χ0) is 16.2. The SMILES string of the molecule is COc1ccc(CSc2nnc(-c3ccccc3Cl)n2N)cc1. The molecule has 2 aromatic carbocycles. The summed E-state index contributed by atoms with van der Waals surface area (Å²) in [6, 6.07) is 15.3. The van der Waals surface area contributed by atoms with E-state index in [1.165, 1.54) is 16.4 Å². The summed E-state index contributed by atoms with van der Waals surface area (Å²) in [5.74, 6) is 8.23. The average molecular weight is 347 g/mol. The van der Waals surface area contributed by atoms with Crippen molar-refractivity contribution < 1.29 is 4.74 Å². The minimum Gasteiger partial charge on any atom is -0.497 e. The van der Waals surface area contributed by atoms with Crippen LogP contribution in [-0.2, 0) is 5.75 Å². The van der Waals surface area contributed by atoms with Gasteiger partial charge in [-0.1, -0.05) is 47.6 Å². The van der Waals surface area contributed by atoms with E-state index < -0.39 is 0 Å². The van der Waals surface area contributed by atoms with Gasteiger partial charge in [-0.3, -0.25) is 0 Å². The van der Waals surface area contributed by atoms with Gasteiger partial charge in [0.25, 0.3) is 0 Å². The Kier molecular flexibility index (Phi) is 4.73. The number of rotatable bonds is 5. The molecular weight excluding hydrogens is 332 g/mol. The average Bonchev–Trinajstić information content (AvgIpc) is 2.94. The van der Waals surface area contributed by atoms with E-state index in [2.05, 4.69) is 10.2 Å². The molecule has 1 aromatic heterocycles. The van der Waals surface area contributed by atoms with Crippen LogP contribution >= 0.6 is 23.4 Å². The third-order valence-corrected chi connectivity index (χ3v) is 4.65. The summed E-state index contributed by atoms with van der Waals surface area (Å²) < 4.78 is 6.62. The lowest BCUT2D eigenvalue weighted by atomic mass is 10.2. The van der Waals surface area contributed by atoms with E-state index in [1.54, 1.807) is 13.2 Å². The van der Waals surface area contributed by atoms with Crippen molar-refractivity contribution in [1.29, 1.82) is 0 Å². The first kappa shape index (κ1) is 15.7. The molecule has 23 heavy (non-hydrogen) atoms. The van der Waals surface area contributed by atoms with Crippen molar-refractivity contribution in [3.63, 3.8) is 0 Å². The number of halogens is 1. The van der Waals surface area contributed by atoms with Crippen molar-refractivity contribution in [1.82, 2.24) is 14.9 Å². The number of methoxy groups -OCH3 is 1. The first-order valence-electron chi connectivity index (χ1n) is 6.90. The van der Waals surface area contributed by atoms with Crippen molar-refractivity contribution in [2.24, 2.45) is 0 Å². The summed E-state index contributed by atoms with van der Waals surface area (Å²) in [5, 5.41) is 9.53. The quantitative estimate of drug-likeness (QED) is 0.564. The van der Waals surface area contributed by atoms with Crippen molar-refractivity contribution in [2.45, 2.75) is 10.9 Å². The van der Waals surface area contributed by atoms with Crippen LogP contribution in [0, 0.1) is 0 Å². The highest BCUT2D eigenvalue weighted by molar-refractivity contribution is 7.98. The maximum absolute atomic E-state index is 6.19. The second-order valence-corrected chi connectivity index (χ2v) is 6.14. The van der Waals surface area contributed by atoms with E-state index in [1.807, 2.05) is 42.5 Å². The Labute approximate surface area is 143 Å². The van der Waals surface area contributed by atoms with Crippen molar-refractivity contribution in [2.75, 3.05) is 13.0 Å². The monoisotopic (exact) mass is 346 g/mol. The normalized spacial score (nSPS) is 10.7. The minimum absolute atomic E-state index is 0.549. The molecule has 0 atom stereocenters. The number of hydrogen-bond donors (Lipinski definition) is 1. The van der Waals surface area contributed by atoms with Gasteiger partial charge in [-0.05, 0) is 29.8 Å². The summed E-state index contributed by atoms with van der Waals surface area (Å²) in [6.45, 7) is 0. The first-order valence-corrected chi connectivity index (χ1v) is 8.26. The summed E-state index contributed by atoms with van der Waals surface area (Å²) in [5.41, 5.74) is 1.92. The van der Waals surface area contributed by atoms with Crippen molar-refractivity contribution in [3.8, 4) is 17.1 Å². The number of hydrogen-bond acceptors (Lipinski definition) is 5. The molecule has 0 fully saturated rings. The number of ether oxygens (including phenoxy) is 1. The molecule has 0 saturated heterocycles. The van der Waals surface area contributed by atoms with Crippen LogP contribution in [0.4, 0.5) is 0 Å². The van der Waals surface area contributed by atoms with Gasteiger partial charge in [0, 0.05) is 11.3 Å². The predicted molar refractivity (Wildman–Crippen MR) is 93.2 cm³/mol. The molecular formula is C16H15ClN4OS. The molecule has 0 amide bonds. The molecule has 0 bridgehead atoms. The molecule has 0 radical (unpaired) electrons. The Bertz CT molecular complexity index is 804. The Morgan fingerprint density at radius 3 is 2.57 bits per heavy atom. The first-order chi connectivity index (χ1) is 11.2. The maximum Gasteiger partial charge on any atom is 0.210 e. The molecule has 0 aliphatic carbocycles. The summed E-state index contributed by atoms with van der Waals surface area (Å²) >= 11 is 7.70. The number of nitrogens with two attached hydrogens (primary N) is 1. The Morgan fingerprint density at radius 1 is 1.13 bits per heavy atom. The fourth-order valence-corrected chi connectivity index (χ4v) is 3.10. The largest absolute Gasteiger partial charge is 0.497 e. The molecule has 3 aromatic rings. The van der Waals surface area contributed by atoms with E-state index in [4.69, 9.17) is 22.2 Å². The van der Waals surface area contributed by atoms with Crippen molar-refractivity contribution >= 4 is 23.4 Å². The molecule has 0 spiro atoms. The second-order valence-electron chi connectivity index (χ2n) is 4.79. The van der Waals surface area contributed by atoms with Crippen LogP contribution in [-0.4, -0.2) is 22.0 Å². The summed E-state index contributed by atoms with van der Waals surface area (Å²) in [7, 11) is 1.65. The third-order valence-electron chi connectivity index (χ3n) is 3.31. The lowest BCUT2D eigenvalue weighted by Gasteiger charge is -2.05. The number of nitrogen functional groups attached to an aromatic ring is 1.